The van der Waals surface area contributed by atoms with Gasteiger partial charge in [0.05, 0.1) is 16.7 Å². The molecule has 100 valence electrons. The van der Waals surface area contributed by atoms with Crippen LogP contribution in [0.15, 0.2) is 24.3 Å². The second-order valence-electron chi connectivity index (χ2n) is 4.40. The van der Waals surface area contributed by atoms with Crippen molar-refractivity contribution in [2.45, 2.75) is 0 Å². The summed E-state index contributed by atoms with van der Waals surface area (Å²) in [5.74, 6) is -3.41. The van der Waals surface area contributed by atoms with Gasteiger partial charge in [-0.05, 0) is 18.2 Å². The highest BCUT2D eigenvalue weighted by molar-refractivity contribution is 6.31. The van der Waals surface area contributed by atoms with E-state index in [9.17, 15) is 30.0 Å². The molecule has 0 spiro atoms. The fourth-order valence-electron chi connectivity index (χ4n) is 2.33. The zero-order chi connectivity index (χ0) is 14.6. The first-order valence-corrected chi connectivity index (χ1v) is 5.62. The summed E-state index contributed by atoms with van der Waals surface area (Å²) in [6, 6.07) is 4.13. The van der Waals surface area contributed by atoms with Gasteiger partial charge in [-0.3, -0.25) is 9.59 Å². The molecule has 6 nitrogen and oxygen atoms in total. The van der Waals surface area contributed by atoms with Crippen LogP contribution in [0.25, 0.3) is 0 Å². The van der Waals surface area contributed by atoms with E-state index >= 15 is 0 Å². The number of carbonyl (C=O) groups is 2. The smallest absolute Gasteiger partial charge is 0.202 e. The molecule has 6 heteroatoms. The third-order valence-corrected chi connectivity index (χ3v) is 3.19. The van der Waals surface area contributed by atoms with Gasteiger partial charge in [0, 0.05) is 11.6 Å². The largest absolute Gasteiger partial charge is 0.508 e. The maximum Gasteiger partial charge on any atom is 0.202 e. The first kappa shape index (κ1) is 12.0. The third kappa shape index (κ3) is 1.38. The Kier molecular flexibility index (Phi) is 2.25. The van der Waals surface area contributed by atoms with E-state index in [0.717, 1.165) is 24.3 Å². The third-order valence-electron chi connectivity index (χ3n) is 3.19. The number of hydrogen-bond donors (Lipinski definition) is 4. The predicted molar refractivity (Wildman–Crippen MR) is 66.4 cm³/mol. The van der Waals surface area contributed by atoms with Gasteiger partial charge in [0.2, 0.25) is 5.78 Å². The van der Waals surface area contributed by atoms with Crippen molar-refractivity contribution >= 4 is 11.6 Å². The minimum atomic E-state index is -0.791. The van der Waals surface area contributed by atoms with E-state index in [2.05, 4.69) is 0 Å². The van der Waals surface area contributed by atoms with Crippen molar-refractivity contribution < 1.29 is 30.0 Å². The lowest BCUT2D eigenvalue weighted by Crippen LogP contribution is -2.21. The van der Waals surface area contributed by atoms with Crippen molar-refractivity contribution in [1.82, 2.24) is 0 Å². The number of rotatable bonds is 0. The van der Waals surface area contributed by atoms with E-state index in [-0.39, 0.29) is 28.0 Å². The van der Waals surface area contributed by atoms with Crippen molar-refractivity contribution in [3.63, 3.8) is 0 Å². The Bertz CT molecular complexity index is 791. The van der Waals surface area contributed by atoms with E-state index in [0.29, 0.717) is 0 Å². The van der Waals surface area contributed by atoms with Crippen LogP contribution in [0.1, 0.15) is 31.8 Å². The predicted octanol–water partition coefficient (Wildman–Crippen LogP) is 1.28. The first-order chi connectivity index (χ1) is 9.41. The van der Waals surface area contributed by atoms with Crippen LogP contribution in [0.4, 0.5) is 0 Å². The second-order valence-corrected chi connectivity index (χ2v) is 4.40. The molecule has 1 aliphatic rings. The summed E-state index contributed by atoms with van der Waals surface area (Å²) in [5, 5.41) is 38.6. The number of carbonyl (C=O) groups excluding carboxylic acids is 2. The van der Waals surface area contributed by atoms with Crippen molar-refractivity contribution in [2.24, 2.45) is 0 Å². The van der Waals surface area contributed by atoms with Gasteiger partial charge in [0.15, 0.2) is 5.78 Å². The van der Waals surface area contributed by atoms with Crippen LogP contribution in [0, 0.1) is 0 Å². The van der Waals surface area contributed by atoms with Gasteiger partial charge in [-0.25, -0.2) is 0 Å². The maximum absolute atomic E-state index is 12.3. The summed E-state index contributed by atoms with van der Waals surface area (Å²) >= 11 is 0. The topological polar surface area (TPSA) is 115 Å². The highest BCUT2D eigenvalue weighted by Gasteiger charge is 2.36. The van der Waals surface area contributed by atoms with Gasteiger partial charge in [0.25, 0.3) is 0 Å². The van der Waals surface area contributed by atoms with Crippen LogP contribution < -0.4 is 0 Å². The number of fused-ring (bicyclic) bond motifs is 2. The van der Waals surface area contributed by atoms with E-state index in [4.69, 9.17) is 0 Å². The molecule has 0 fully saturated rings. The molecular formula is C14H8O6. The molecule has 0 saturated carbocycles. The van der Waals surface area contributed by atoms with Crippen molar-refractivity contribution in [1.29, 1.82) is 0 Å². The molecule has 1 aliphatic carbocycles. The number of phenols is 4. The highest BCUT2D eigenvalue weighted by atomic mass is 16.3. The van der Waals surface area contributed by atoms with E-state index in [1.54, 1.807) is 0 Å². The Morgan fingerprint density at radius 1 is 0.650 bits per heavy atom. The van der Waals surface area contributed by atoms with Gasteiger partial charge < -0.3 is 20.4 Å². The molecule has 0 unspecified atom stereocenters. The lowest BCUT2D eigenvalue weighted by molar-refractivity contribution is 0.0971. The molecule has 0 aromatic heterocycles. The quantitative estimate of drug-likeness (QED) is 0.458. The number of aromatic hydroxyl groups is 4. The van der Waals surface area contributed by atoms with E-state index in [1.165, 1.54) is 0 Å². The first-order valence-electron chi connectivity index (χ1n) is 5.62. The minimum absolute atomic E-state index is 0.221. The van der Waals surface area contributed by atoms with Crippen molar-refractivity contribution in [3.05, 3.63) is 46.5 Å². The van der Waals surface area contributed by atoms with Crippen LogP contribution in [0.3, 0.4) is 0 Å². The Morgan fingerprint density at radius 3 is 1.80 bits per heavy atom. The van der Waals surface area contributed by atoms with Crippen LogP contribution in [0.2, 0.25) is 0 Å². The SMILES string of the molecule is O=C1c2cc(O)cc(O)c2C(=O)c2c(O)ccc(O)c21. The Labute approximate surface area is 112 Å². The highest BCUT2D eigenvalue weighted by Crippen LogP contribution is 2.41. The maximum atomic E-state index is 12.3. The number of phenolic OH excluding ortho intramolecular Hbond substituents is 4. The number of ketones is 2. The molecule has 4 N–H and O–H groups in total. The Morgan fingerprint density at radius 2 is 1.20 bits per heavy atom. The molecule has 0 amide bonds. The fraction of sp³-hybridized carbons (Fsp3) is 0. The van der Waals surface area contributed by atoms with Crippen molar-refractivity contribution in [3.8, 4) is 23.0 Å². The monoisotopic (exact) mass is 272 g/mol. The van der Waals surface area contributed by atoms with Gasteiger partial charge in [-0.2, -0.15) is 0 Å². The Balaban J connectivity index is 2.43. The van der Waals surface area contributed by atoms with Gasteiger partial charge in [-0.15, -0.1) is 0 Å². The minimum Gasteiger partial charge on any atom is -0.508 e. The molecule has 2 aromatic carbocycles. The van der Waals surface area contributed by atoms with Gasteiger partial charge in [0.1, 0.15) is 23.0 Å². The summed E-state index contributed by atoms with van der Waals surface area (Å²) in [7, 11) is 0. The van der Waals surface area contributed by atoms with Gasteiger partial charge >= 0.3 is 0 Å². The van der Waals surface area contributed by atoms with Crippen LogP contribution in [-0.4, -0.2) is 32.0 Å². The molecule has 0 aliphatic heterocycles. The molecule has 0 atom stereocenters. The van der Waals surface area contributed by atoms with E-state index < -0.39 is 28.8 Å². The average Bonchev–Trinajstić information content (AvgIpc) is 2.37. The van der Waals surface area contributed by atoms with Crippen LogP contribution >= 0.6 is 0 Å². The summed E-state index contributed by atoms with van der Waals surface area (Å²) in [6.45, 7) is 0. The zero-order valence-electron chi connectivity index (χ0n) is 9.91. The molecule has 2 aromatic rings. The van der Waals surface area contributed by atoms with Crippen LogP contribution in [0.5, 0.6) is 23.0 Å². The summed E-state index contributed by atoms with van der Waals surface area (Å²) in [6.07, 6.45) is 0. The normalized spacial score (nSPS) is 13.0. The van der Waals surface area contributed by atoms with Gasteiger partial charge in [-0.1, -0.05) is 0 Å². The number of benzene rings is 2. The summed E-state index contributed by atoms with van der Waals surface area (Å²) < 4.78 is 0. The molecule has 0 heterocycles. The standard InChI is InChI=1S/C14H8O6/c15-5-3-6-10(9(18)4-5)14(20)12-8(17)2-1-7(16)11(12)13(6)19/h1-4,15-18H. The van der Waals surface area contributed by atoms with Crippen molar-refractivity contribution in [2.75, 3.05) is 0 Å². The number of hydrogen-bond acceptors (Lipinski definition) is 6. The molecule has 3 rings (SSSR count). The lowest BCUT2D eigenvalue weighted by Gasteiger charge is -2.20. The second kappa shape index (κ2) is 3.74. The fourth-order valence-corrected chi connectivity index (χ4v) is 2.33. The van der Waals surface area contributed by atoms with E-state index in [1.807, 2.05) is 0 Å². The molecule has 20 heavy (non-hydrogen) atoms. The lowest BCUT2D eigenvalue weighted by atomic mass is 9.82. The van der Waals surface area contributed by atoms with Crippen LogP contribution in [-0.2, 0) is 0 Å². The molecule has 0 saturated heterocycles. The summed E-state index contributed by atoms with van der Waals surface area (Å²) in [4.78, 5) is 24.6. The molecular weight excluding hydrogens is 264 g/mol. The molecule has 0 radical (unpaired) electrons. The average molecular weight is 272 g/mol. The zero-order valence-corrected chi connectivity index (χ0v) is 9.91. The summed E-state index contributed by atoms with van der Waals surface area (Å²) in [5.41, 5.74) is -1.22. The molecule has 0 bridgehead atoms. The Hall–Kier alpha value is -3.02.